The zero-order valence-corrected chi connectivity index (χ0v) is 21.5. The van der Waals surface area contributed by atoms with Crippen LogP contribution >= 0.6 is 0 Å². The van der Waals surface area contributed by atoms with Crippen LogP contribution in [0.4, 0.5) is 10.1 Å². The van der Waals surface area contributed by atoms with Crippen molar-refractivity contribution in [2.75, 3.05) is 27.7 Å². The van der Waals surface area contributed by atoms with Crippen molar-refractivity contribution >= 4 is 27.6 Å². The maximum atomic E-state index is 14.7. The van der Waals surface area contributed by atoms with Crippen molar-refractivity contribution in [1.29, 1.82) is 0 Å². The molecule has 2 unspecified atom stereocenters. The molecule has 0 radical (unpaired) electrons. The third-order valence-corrected chi connectivity index (χ3v) is 6.97. The fraction of sp³-hybridized carbons (Fsp3) is 0.226. The minimum atomic E-state index is -1.55. The summed E-state index contributed by atoms with van der Waals surface area (Å²) in [6.45, 7) is 7.99. The number of fused-ring (bicyclic) bond motifs is 2. The fourth-order valence-corrected chi connectivity index (χ4v) is 5.16. The molecule has 0 aliphatic heterocycles. The van der Waals surface area contributed by atoms with Gasteiger partial charge in [-0.1, -0.05) is 36.4 Å². The maximum absolute atomic E-state index is 14.7. The number of hydrogen-bond donors (Lipinski definition) is 1. The van der Waals surface area contributed by atoms with E-state index in [1.807, 2.05) is 49.3 Å². The summed E-state index contributed by atoms with van der Waals surface area (Å²) in [6.07, 6.45) is 1.91. The summed E-state index contributed by atoms with van der Waals surface area (Å²) in [4.78, 5) is 10.3. The molecule has 0 saturated heterocycles. The predicted octanol–water partition coefficient (Wildman–Crippen LogP) is 6.65. The molecule has 2 aromatic heterocycles. The summed E-state index contributed by atoms with van der Waals surface area (Å²) >= 11 is 0. The molecule has 7 heteroatoms. The molecule has 0 aliphatic carbocycles. The number of benzene rings is 3. The highest BCUT2D eigenvalue weighted by molar-refractivity contribution is 5.85. The van der Waals surface area contributed by atoms with E-state index in [1.54, 1.807) is 36.6 Å². The zero-order valence-electron chi connectivity index (χ0n) is 21.5. The van der Waals surface area contributed by atoms with E-state index in [0.29, 0.717) is 52.3 Å². The van der Waals surface area contributed by atoms with E-state index in [-0.39, 0.29) is 0 Å². The highest BCUT2D eigenvalue weighted by Gasteiger charge is 2.44. The molecule has 6 nitrogen and oxygen atoms in total. The Morgan fingerprint density at radius 1 is 1.08 bits per heavy atom. The molecule has 0 fully saturated rings. The quantitative estimate of drug-likeness (QED) is 0.237. The SMILES string of the molecule is [C-]#[N+]c1ccc2nc(OC)c(C(c3cccc(F)c3)C(O)(CCN(C)C)c3cccc4ccoc34)cc2c1. The Bertz CT molecular complexity index is 1660. The van der Waals surface area contributed by atoms with Crippen LogP contribution in [0.5, 0.6) is 5.88 Å². The van der Waals surface area contributed by atoms with Gasteiger partial charge in [0.1, 0.15) is 17.0 Å². The topological polar surface area (TPSA) is 63.1 Å². The summed E-state index contributed by atoms with van der Waals surface area (Å²) in [7, 11) is 5.41. The van der Waals surface area contributed by atoms with Gasteiger partial charge >= 0.3 is 0 Å². The number of ether oxygens (including phenoxy) is 1. The monoisotopic (exact) mass is 509 g/mol. The Morgan fingerprint density at radius 3 is 2.63 bits per heavy atom. The number of para-hydroxylation sites is 1. The molecule has 0 spiro atoms. The molecule has 5 aromatic rings. The zero-order chi connectivity index (χ0) is 26.9. The molecule has 0 bridgehead atoms. The van der Waals surface area contributed by atoms with Gasteiger partial charge in [-0.05, 0) is 67.9 Å². The van der Waals surface area contributed by atoms with Gasteiger partial charge in [-0.2, -0.15) is 0 Å². The second kappa shape index (κ2) is 10.3. The second-order valence-electron chi connectivity index (χ2n) is 9.69. The van der Waals surface area contributed by atoms with E-state index in [0.717, 1.165) is 10.8 Å². The Morgan fingerprint density at radius 2 is 1.89 bits per heavy atom. The molecule has 2 atom stereocenters. The number of pyridine rings is 1. The molecular weight excluding hydrogens is 481 g/mol. The molecular formula is C31H28FN3O3. The average Bonchev–Trinajstić information content (AvgIpc) is 3.40. The maximum Gasteiger partial charge on any atom is 0.217 e. The lowest BCUT2D eigenvalue weighted by Gasteiger charge is -2.38. The lowest BCUT2D eigenvalue weighted by Crippen LogP contribution is -2.38. The summed E-state index contributed by atoms with van der Waals surface area (Å²) in [5, 5.41) is 14.4. The lowest BCUT2D eigenvalue weighted by molar-refractivity contribution is 0.00435. The number of furan rings is 1. The molecule has 0 aliphatic rings. The third kappa shape index (κ3) is 4.60. The highest BCUT2D eigenvalue weighted by Crippen LogP contribution is 2.49. The minimum absolute atomic E-state index is 0.310. The fourth-order valence-electron chi connectivity index (χ4n) is 5.16. The van der Waals surface area contributed by atoms with Crippen LogP contribution in [0.1, 0.15) is 29.0 Å². The summed E-state index contributed by atoms with van der Waals surface area (Å²) in [6, 6.07) is 20.9. The van der Waals surface area contributed by atoms with E-state index in [2.05, 4.69) is 4.85 Å². The first-order valence-corrected chi connectivity index (χ1v) is 12.3. The minimum Gasteiger partial charge on any atom is -0.481 e. The first-order chi connectivity index (χ1) is 18.3. The van der Waals surface area contributed by atoms with E-state index in [1.165, 1.54) is 19.2 Å². The molecule has 0 amide bonds. The van der Waals surface area contributed by atoms with Gasteiger partial charge < -0.3 is 19.2 Å². The van der Waals surface area contributed by atoms with Crippen molar-refractivity contribution in [3.63, 3.8) is 0 Å². The second-order valence-corrected chi connectivity index (χ2v) is 9.69. The first-order valence-electron chi connectivity index (χ1n) is 12.3. The van der Waals surface area contributed by atoms with Crippen LogP contribution in [0, 0.1) is 12.4 Å². The molecule has 38 heavy (non-hydrogen) atoms. The third-order valence-electron chi connectivity index (χ3n) is 6.97. The largest absolute Gasteiger partial charge is 0.481 e. The molecule has 0 saturated carbocycles. The standard InChI is InChI=1S/C31H28FN3O3/c1-33-24-11-12-27-22(18-24)19-25(30(34-27)37-4)28(21-8-5-9-23(32)17-21)31(36,14-15-35(2)3)26-10-6-7-20-13-16-38-29(20)26/h5-13,16-19,28,36H,14-15H2,2-4H3. The molecule has 5 rings (SSSR count). The van der Waals surface area contributed by atoms with Gasteiger partial charge in [-0.3, -0.25) is 0 Å². The number of nitrogens with zero attached hydrogens (tertiary/aromatic N) is 3. The van der Waals surface area contributed by atoms with Gasteiger partial charge in [-0.15, -0.1) is 0 Å². The van der Waals surface area contributed by atoms with E-state index in [4.69, 9.17) is 20.7 Å². The average molecular weight is 510 g/mol. The van der Waals surface area contributed by atoms with Crippen molar-refractivity contribution < 1.29 is 18.7 Å². The first kappa shape index (κ1) is 25.4. The van der Waals surface area contributed by atoms with Crippen LogP contribution in [-0.2, 0) is 5.60 Å². The Balaban J connectivity index is 1.85. The van der Waals surface area contributed by atoms with Crippen LogP contribution in [0.15, 0.2) is 83.5 Å². The van der Waals surface area contributed by atoms with Crippen molar-refractivity contribution in [2.24, 2.45) is 0 Å². The van der Waals surface area contributed by atoms with Crippen LogP contribution in [0.3, 0.4) is 0 Å². The summed E-state index contributed by atoms with van der Waals surface area (Å²) in [5.74, 6) is -0.879. The van der Waals surface area contributed by atoms with Crippen LogP contribution < -0.4 is 4.74 Å². The van der Waals surface area contributed by atoms with Gasteiger partial charge in [0.25, 0.3) is 0 Å². The van der Waals surface area contributed by atoms with Crippen molar-refractivity contribution in [3.8, 4) is 5.88 Å². The molecule has 3 aromatic carbocycles. The number of methoxy groups -OCH3 is 1. The normalized spacial score (nSPS) is 13.9. The Kier molecular flexibility index (Phi) is 6.85. The van der Waals surface area contributed by atoms with Gasteiger partial charge in [0, 0.05) is 29.0 Å². The van der Waals surface area contributed by atoms with Gasteiger partial charge in [-0.25, -0.2) is 14.2 Å². The molecule has 1 N–H and O–H groups in total. The smallest absolute Gasteiger partial charge is 0.217 e. The Hall–Kier alpha value is -4.25. The number of aliphatic hydroxyl groups is 1. The highest BCUT2D eigenvalue weighted by atomic mass is 19.1. The molecule has 2 heterocycles. The van der Waals surface area contributed by atoms with Gasteiger partial charge in [0.15, 0.2) is 5.69 Å². The van der Waals surface area contributed by atoms with E-state index < -0.39 is 17.3 Å². The van der Waals surface area contributed by atoms with Crippen LogP contribution in [0.2, 0.25) is 0 Å². The predicted molar refractivity (Wildman–Crippen MR) is 146 cm³/mol. The van der Waals surface area contributed by atoms with E-state index >= 15 is 0 Å². The Labute approximate surface area is 220 Å². The van der Waals surface area contributed by atoms with Crippen molar-refractivity contribution in [2.45, 2.75) is 17.9 Å². The number of aromatic nitrogens is 1. The summed E-state index contributed by atoms with van der Waals surface area (Å²) < 4.78 is 26.3. The lowest BCUT2D eigenvalue weighted by atomic mass is 9.71. The van der Waals surface area contributed by atoms with Gasteiger partial charge in [0.2, 0.25) is 5.88 Å². The number of rotatable bonds is 8. The summed E-state index contributed by atoms with van der Waals surface area (Å²) in [5.41, 5.74) is 1.89. The van der Waals surface area contributed by atoms with Crippen LogP contribution in [-0.4, -0.2) is 42.7 Å². The van der Waals surface area contributed by atoms with E-state index in [9.17, 15) is 9.50 Å². The number of halogens is 1. The van der Waals surface area contributed by atoms with Gasteiger partial charge in [0.05, 0.1) is 25.5 Å². The van der Waals surface area contributed by atoms with Crippen LogP contribution in [0.25, 0.3) is 26.7 Å². The van der Waals surface area contributed by atoms with Crippen molar-refractivity contribution in [1.82, 2.24) is 9.88 Å². The number of hydrogen-bond acceptors (Lipinski definition) is 5. The molecule has 192 valence electrons. The van der Waals surface area contributed by atoms with Crippen molar-refractivity contribution in [3.05, 3.63) is 113 Å².